The van der Waals surface area contributed by atoms with Gasteiger partial charge in [-0.2, -0.15) is 0 Å². The second kappa shape index (κ2) is 6.71. The third-order valence-corrected chi connectivity index (χ3v) is 3.68. The fourth-order valence-corrected chi connectivity index (χ4v) is 2.55. The van der Waals surface area contributed by atoms with Crippen molar-refractivity contribution in [2.75, 3.05) is 0 Å². The molecule has 1 aliphatic rings. The molecular formula is C15H17ClFNO. The van der Waals surface area contributed by atoms with Crippen molar-refractivity contribution >= 4 is 23.6 Å². The van der Waals surface area contributed by atoms with Gasteiger partial charge in [-0.1, -0.05) is 36.9 Å². The van der Waals surface area contributed by atoms with Crippen molar-refractivity contribution in [2.24, 2.45) is 0 Å². The van der Waals surface area contributed by atoms with Gasteiger partial charge in [-0.25, -0.2) is 4.39 Å². The molecule has 1 N–H and O–H groups in total. The maximum Gasteiger partial charge on any atom is 0.244 e. The number of carbonyl (C=O) groups excluding carboxylic acids is 1. The summed E-state index contributed by atoms with van der Waals surface area (Å²) in [5.74, 6) is -0.611. The Hall–Kier alpha value is -1.35. The summed E-state index contributed by atoms with van der Waals surface area (Å²) in [4.78, 5) is 11.7. The molecule has 1 fully saturated rings. The topological polar surface area (TPSA) is 29.1 Å². The van der Waals surface area contributed by atoms with E-state index < -0.39 is 5.82 Å². The molecular weight excluding hydrogens is 265 g/mol. The fraction of sp³-hybridized carbons (Fsp3) is 0.400. The van der Waals surface area contributed by atoms with Crippen LogP contribution in [0.3, 0.4) is 0 Å². The smallest absolute Gasteiger partial charge is 0.244 e. The van der Waals surface area contributed by atoms with Gasteiger partial charge in [-0.15, -0.1) is 0 Å². The molecule has 1 aliphatic carbocycles. The molecule has 1 aromatic carbocycles. The molecule has 19 heavy (non-hydrogen) atoms. The first-order chi connectivity index (χ1) is 9.16. The van der Waals surface area contributed by atoms with Crippen LogP contribution in [-0.4, -0.2) is 11.9 Å². The second-order valence-corrected chi connectivity index (χ2v) is 5.22. The number of hydrogen-bond acceptors (Lipinski definition) is 1. The lowest BCUT2D eigenvalue weighted by Gasteiger charge is -2.21. The predicted molar refractivity (Wildman–Crippen MR) is 75.5 cm³/mol. The molecule has 102 valence electrons. The molecule has 2 nitrogen and oxygen atoms in total. The third-order valence-electron chi connectivity index (χ3n) is 3.35. The van der Waals surface area contributed by atoms with Gasteiger partial charge in [0.1, 0.15) is 5.82 Å². The lowest BCUT2D eigenvalue weighted by molar-refractivity contribution is -0.117. The fourth-order valence-electron chi connectivity index (χ4n) is 2.33. The van der Waals surface area contributed by atoms with Crippen LogP contribution in [0.5, 0.6) is 0 Å². The molecule has 0 atom stereocenters. The van der Waals surface area contributed by atoms with Crippen molar-refractivity contribution in [3.05, 3.63) is 40.7 Å². The minimum absolute atomic E-state index is 0.189. The first-order valence-corrected chi connectivity index (χ1v) is 6.97. The van der Waals surface area contributed by atoms with Gasteiger partial charge < -0.3 is 5.32 Å². The maximum atomic E-state index is 13.5. The van der Waals surface area contributed by atoms with Crippen LogP contribution in [-0.2, 0) is 4.79 Å². The van der Waals surface area contributed by atoms with Crippen molar-refractivity contribution in [2.45, 2.75) is 38.1 Å². The van der Waals surface area contributed by atoms with E-state index in [0.29, 0.717) is 5.02 Å². The summed E-state index contributed by atoms with van der Waals surface area (Å²) in [5, 5.41) is 3.24. The van der Waals surface area contributed by atoms with E-state index in [0.717, 1.165) is 25.7 Å². The molecule has 0 spiro atoms. The Morgan fingerprint density at radius 1 is 1.32 bits per heavy atom. The van der Waals surface area contributed by atoms with Crippen LogP contribution in [0.2, 0.25) is 5.02 Å². The number of rotatable bonds is 3. The quantitative estimate of drug-likeness (QED) is 0.836. The van der Waals surface area contributed by atoms with Gasteiger partial charge in [0, 0.05) is 17.7 Å². The van der Waals surface area contributed by atoms with Gasteiger partial charge >= 0.3 is 0 Å². The molecule has 0 aromatic heterocycles. The largest absolute Gasteiger partial charge is 0.350 e. The van der Waals surface area contributed by atoms with Crippen LogP contribution in [0, 0.1) is 5.82 Å². The Morgan fingerprint density at radius 2 is 2.05 bits per heavy atom. The molecule has 0 saturated heterocycles. The zero-order valence-corrected chi connectivity index (χ0v) is 11.4. The minimum atomic E-state index is -0.422. The van der Waals surface area contributed by atoms with Crippen LogP contribution in [0.25, 0.3) is 6.08 Å². The maximum absolute atomic E-state index is 13.5. The van der Waals surface area contributed by atoms with E-state index in [-0.39, 0.29) is 17.5 Å². The average molecular weight is 282 g/mol. The lowest BCUT2D eigenvalue weighted by Crippen LogP contribution is -2.34. The molecule has 4 heteroatoms. The molecule has 0 aliphatic heterocycles. The molecule has 0 unspecified atom stereocenters. The van der Waals surface area contributed by atoms with Gasteiger partial charge in [0.05, 0.1) is 5.02 Å². The first kappa shape index (κ1) is 14.1. The van der Waals surface area contributed by atoms with Gasteiger partial charge in [0.15, 0.2) is 0 Å². The van der Waals surface area contributed by atoms with Gasteiger partial charge in [-0.3, -0.25) is 4.79 Å². The number of nitrogens with one attached hydrogen (secondary N) is 1. The van der Waals surface area contributed by atoms with E-state index in [1.54, 1.807) is 6.07 Å². The van der Waals surface area contributed by atoms with Gasteiger partial charge in [-0.05, 0) is 31.1 Å². The number of amides is 1. The van der Waals surface area contributed by atoms with Crippen LogP contribution < -0.4 is 5.32 Å². The molecule has 1 aromatic rings. The zero-order chi connectivity index (χ0) is 13.7. The van der Waals surface area contributed by atoms with E-state index in [2.05, 4.69) is 5.32 Å². The second-order valence-electron chi connectivity index (χ2n) is 4.81. The van der Waals surface area contributed by atoms with Crippen molar-refractivity contribution in [1.29, 1.82) is 0 Å². The van der Waals surface area contributed by atoms with Crippen LogP contribution in [0.1, 0.15) is 37.7 Å². The number of halogens is 2. The van der Waals surface area contributed by atoms with Crippen molar-refractivity contribution in [3.8, 4) is 0 Å². The highest BCUT2D eigenvalue weighted by atomic mass is 35.5. The summed E-state index contributed by atoms with van der Waals surface area (Å²) in [7, 11) is 0. The van der Waals surface area contributed by atoms with Crippen LogP contribution in [0.4, 0.5) is 4.39 Å². The summed E-state index contributed by atoms with van der Waals surface area (Å²) >= 11 is 5.88. The standard InChI is InChI=1S/C15H17ClFNO/c16-13-7-4-8-14(17)12(13)9-10-15(19)18-11-5-2-1-3-6-11/h4,7-11H,1-3,5-6H2,(H,18,19). The highest BCUT2D eigenvalue weighted by Gasteiger charge is 2.14. The highest BCUT2D eigenvalue weighted by Crippen LogP contribution is 2.20. The van der Waals surface area contributed by atoms with E-state index in [4.69, 9.17) is 11.6 Å². The summed E-state index contributed by atoms with van der Waals surface area (Å²) in [6, 6.07) is 4.72. The molecule has 0 bridgehead atoms. The minimum Gasteiger partial charge on any atom is -0.350 e. The molecule has 0 radical (unpaired) electrons. The summed E-state index contributed by atoms with van der Waals surface area (Å²) in [6.07, 6.45) is 8.39. The Morgan fingerprint density at radius 3 is 2.74 bits per heavy atom. The highest BCUT2D eigenvalue weighted by molar-refractivity contribution is 6.32. The number of hydrogen-bond donors (Lipinski definition) is 1. The third kappa shape index (κ3) is 4.06. The SMILES string of the molecule is O=C(C=Cc1c(F)cccc1Cl)NC1CCCCC1. The number of benzene rings is 1. The zero-order valence-electron chi connectivity index (χ0n) is 10.7. The lowest BCUT2D eigenvalue weighted by atomic mass is 9.95. The molecule has 1 amide bonds. The summed E-state index contributed by atoms with van der Waals surface area (Å²) in [6.45, 7) is 0. The Kier molecular flexibility index (Phi) is 4.97. The predicted octanol–water partition coefficient (Wildman–Crippen LogP) is 3.94. The van der Waals surface area contributed by atoms with E-state index in [9.17, 15) is 9.18 Å². The Labute approximate surface area is 117 Å². The first-order valence-electron chi connectivity index (χ1n) is 6.59. The normalized spacial score (nSPS) is 16.7. The molecule has 0 heterocycles. The van der Waals surface area contributed by atoms with E-state index in [1.165, 1.54) is 30.7 Å². The molecule has 1 saturated carbocycles. The Bertz CT molecular complexity index is 461. The average Bonchev–Trinajstić information content (AvgIpc) is 2.39. The van der Waals surface area contributed by atoms with Crippen molar-refractivity contribution in [3.63, 3.8) is 0 Å². The van der Waals surface area contributed by atoms with E-state index in [1.807, 2.05) is 0 Å². The monoisotopic (exact) mass is 281 g/mol. The number of carbonyl (C=O) groups is 1. The van der Waals surface area contributed by atoms with Gasteiger partial charge in [0.25, 0.3) is 0 Å². The Balaban J connectivity index is 1.96. The molecule has 2 rings (SSSR count). The summed E-state index contributed by atoms with van der Waals surface area (Å²) in [5.41, 5.74) is 0.253. The van der Waals surface area contributed by atoms with Gasteiger partial charge in [0.2, 0.25) is 5.91 Å². The van der Waals surface area contributed by atoms with Crippen LogP contribution in [0.15, 0.2) is 24.3 Å². The van der Waals surface area contributed by atoms with Crippen molar-refractivity contribution in [1.82, 2.24) is 5.32 Å². The van der Waals surface area contributed by atoms with Crippen LogP contribution >= 0.6 is 11.6 Å². The van der Waals surface area contributed by atoms with Crippen molar-refractivity contribution < 1.29 is 9.18 Å². The van der Waals surface area contributed by atoms with E-state index >= 15 is 0 Å². The summed E-state index contributed by atoms with van der Waals surface area (Å²) < 4.78 is 13.5.